The van der Waals surface area contributed by atoms with Gasteiger partial charge in [0.25, 0.3) is 0 Å². The van der Waals surface area contributed by atoms with Gasteiger partial charge in [0, 0.05) is 25.5 Å². The highest BCUT2D eigenvalue weighted by molar-refractivity contribution is 6.20. The number of aromatic nitrogens is 2. The summed E-state index contributed by atoms with van der Waals surface area (Å²) in [4.78, 5) is 8.31. The van der Waals surface area contributed by atoms with E-state index in [0.29, 0.717) is 12.6 Å². The van der Waals surface area contributed by atoms with Crippen molar-refractivity contribution in [1.82, 2.24) is 9.97 Å². The van der Waals surface area contributed by atoms with Crippen LogP contribution in [0.4, 0.5) is 5.95 Å². The number of alkyl halides is 1. The molecule has 0 aliphatic rings. The van der Waals surface area contributed by atoms with E-state index in [1.54, 1.807) is 13.3 Å². The molecule has 0 spiro atoms. The van der Waals surface area contributed by atoms with Gasteiger partial charge in [-0.05, 0) is 19.4 Å². The fourth-order valence-electron chi connectivity index (χ4n) is 1.14. The SMILES string of the molecule is COCC(Cl)CCNc1nccc(C)n1. The van der Waals surface area contributed by atoms with Crippen LogP contribution in [0.1, 0.15) is 12.1 Å². The van der Waals surface area contributed by atoms with Crippen molar-refractivity contribution in [3.8, 4) is 0 Å². The summed E-state index contributed by atoms with van der Waals surface area (Å²) in [5, 5.41) is 3.15. The Balaban J connectivity index is 2.25. The van der Waals surface area contributed by atoms with Gasteiger partial charge < -0.3 is 10.1 Å². The maximum absolute atomic E-state index is 5.97. The van der Waals surface area contributed by atoms with Crippen molar-refractivity contribution >= 4 is 17.5 Å². The van der Waals surface area contributed by atoms with E-state index in [1.165, 1.54) is 0 Å². The molecule has 84 valence electrons. The van der Waals surface area contributed by atoms with Crippen molar-refractivity contribution in [2.24, 2.45) is 0 Å². The fourth-order valence-corrected chi connectivity index (χ4v) is 1.37. The molecule has 4 nitrogen and oxygen atoms in total. The summed E-state index contributed by atoms with van der Waals surface area (Å²) in [7, 11) is 1.65. The smallest absolute Gasteiger partial charge is 0.222 e. The van der Waals surface area contributed by atoms with Gasteiger partial charge in [-0.2, -0.15) is 0 Å². The van der Waals surface area contributed by atoms with Gasteiger partial charge in [0.05, 0.1) is 12.0 Å². The highest BCUT2D eigenvalue weighted by Gasteiger charge is 2.03. The topological polar surface area (TPSA) is 47.0 Å². The minimum absolute atomic E-state index is 0.0345. The zero-order chi connectivity index (χ0) is 11.1. The first-order valence-corrected chi connectivity index (χ1v) is 5.32. The molecule has 0 saturated heterocycles. The Labute approximate surface area is 95.0 Å². The molecule has 0 radical (unpaired) electrons. The Hall–Kier alpha value is -0.870. The Morgan fingerprint density at radius 3 is 3.07 bits per heavy atom. The van der Waals surface area contributed by atoms with Gasteiger partial charge >= 0.3 is 0 Å². The highest BCUT2D eigenvalue weighted by atomic mass is 35.5. The summed E-state index contributed by atoms with van der Waals surface area (Å²) in [5.41, 5.74) is 0.951. The first-order chi connectivity index (χ1) is 7.22. The van der Waals surface area contributed by atoms with Crippen LogP contribution in [-0.4, -0.2) is 35.6 Å². The Morgan fingerprint density at radius 2 is 2.40 bits per heavy atom. The lowest BCUT2D eigenvalue weighted by Crippen LogP contribution is -2.14. The van der Waals surface area contributed by atoms with E-state index >= 15 is 0 Å². The predicted molar refractivity (Wildman–Crippen MR) is 61.4 cm³/mol. The molecule has 1 unspecified atom stereocenters. The second-order valence-electron chi connectivity index (χ2n) is 3.29. The maximum Gasteiger partial charge on any atom is 0.222 e. The van der Waals surface area contributed by atoms with Crippen LogP contribution in [0.25, 0.3) is 0 Å². The fraction of sp³-hybridized carbons (Fsp3) is 0.600. The van der Waals surface area contributed by atoms with Crippen LogP contribution in [0.2, 0.25) is 0 Å². The molecule has 0 aliphatic heterocycles. The molecule has 1 atom stereocenters. The van der Waals surface area contributed by atoms with Gasteiger partial charge in [0.15, 0.2) is 0 Å². The number of hydrogen-bond acceptors (Lipinski definition) is 4. The second-order valence-corrected chi connectivity index (χ2v) is 3.91. The normalized spacial score (nSPS) is 12.5. The van der Waals surface area contributed by atoms with E-state index in [1.807, 2.05) is 13.0 Å². The van der Waals surface area contributed by atoms with Crippen LogP contribution < -0.4 is 5.32 Å². The number of nitrogens with one attached hydrogen (secondary N) is 1. The van der Waals surface area contributed by atoms with Gasteiger partial charge in [-0.15, -0.1) is 11.6 Å². The largest absolute Gasteiger partial charge is 0.383 e. The summed E-state index contributed by atoms with van der Waals surface area (Å²) < 4.78 is 4.93. The van der Waals surface area contributed by atoms with Gasteiger partial charge in [-0.3, -0.25) is 0 Å². The van der Waals surface area contributed by atoms with Gasteiger partial charge in [-0.1, -0.05) is 0 Å². The Bertz CT molecular complexity index is 296. The molecule has 1 aromatic heterocycles. The molecule has 0 fully saturated rings. The summed E-state index contributed by atoms with van der Waals surface area (Å²) >= 11 is 5.97. The molecule has 0 aromatic carbocycles. The van der Waals surface area contributed by atoms with E-state index in [0.717, 1.165) is 18.7 Å². The average molecular weight is 230 g/mol. The first-order valence-electron chi connectivity index (χ1n) is 4.89. The Kier molecular flexibility index (Phi) is 5.36. The molecule has 0 aliphatic carbocycles. The molecule has 1 aromatic rings. The quantitative estimate of drug-likeness (QED) is 0.757. The second kappa shape index (κ2) is 6.58. The molecule has 0 amide bonds. The van der Waals surface area contributed by atoms with Crippen molar-refractivity contribution in [1.29, 1.82) is 0 Å². The summed E-state index contributed by atoms with van der Waals surface area (Å²) in [5.74, 6) is 0.649. The highest BCUT2D eigenvalue weighted by Crippen LogP contribution is 2.04. The van der Waals surface area contributed by atoms with Crippen LogP contribution in [0.15, 0.2) is 12.3 Å². The van der Waals surface area contributed by atoms with E-state index in [4.69, 9.17) is 16.3 Å². The van der Waals surface area contributed by atoms with E-state index in [-0.39, 0.29) is 5.38 Å². The van der Waals surface area contributed by atoms with Crippen LogP contribution in [0, 0.1) is 6.92 Å². The van der Waals surface area contributed by atoms with Crippen molar-refractivity contribution in [3.05, 3.63) is 18.0 Å². The zero-order valence-electron chi connectivity index (χ0n) is 9.03. The van der Waals surface area contributed by atoms with Gasteiger partial charge in [0.2, 0.25) is 5.95 Å². The summed E-state index contributed by atoms with van der Waals surface area (Å²) in [6.07, 6.45) is 2.56. The number of aryl methyl sites for hydroxylation is 1. The molecular weight excluding hydrogens is 214 g/mol. The number of methoxy groups -OCH3 is 1. The molecule has 0 saturated carbocycles. The number of hydrogen-bond donors (Lipinski definition) is 1. The third kappa shape index (κ3) is 4.95. The van der Waals surface area contributed by atoms with Crippen LogP contribution in [-0.2, 0) is 4.74 Å². The van der Waals surface area contributed by atoms with Crippen molar-refractivity contribution in [2.75, 3.05) is 25.6 Å². The van der Waals surface area contributed by atoms with E-state index in [9.17, 15) is 0 Å². The molecule has 1 heterocycles. The van der Waals surface area contributed by atoms with Crippen molar-refractivity contribution < 1.29 is 4.74 Å². The standard InChI is InChI=1S/C10H16ClN3O/c1-8-3-5-12-10(14-8)13-6-4-9(11)7-15-2/h3,5,9H,4,6-7H2,1-2H3,(H,12,13,14). The zero-order valence-corrected chi connectivity index (χ0v) is 9.79. The van der Waals surface area contributed by atoms with Crippen LogP contribution in [0.3, 0.4) is 0 Å². The number of ether oxygens (including phenoxy) is 1. The molecular formula is C10H16ClN3O. The molecule has 1 N–H and O–H groups in total. The summed E-state index contributed by atoms with van der Waals surface area (Å²) in [6, 6.07) is 1.86. The molecule has 0 bridgehead atoms. The lowest BCUT2D eigenvalue weighted by atomic mass is 10.3. The van der Waals surface area contributed by atoms with Gasteiger partial charge in [-0.25, -0.2) is 9.97 Å². The van der Waals surface area contributed by atoms with Gasteiger partial charge in [0.1, 0.15) is 0 Å². The Morgan fingerprint density at radius 1 is 1.60 bits per heavy atom. The average Bonchev–Trinajstić information content (AvgIpc) is 2.18. The minimum atomic E-state index is 0.0345. The maximum atomic E-state index is 5.97. The monoisotopic (exact) mass is 229 g/mol. The number of rotatable bonds is 6. The minimum Gasteiger partial charge on any atom is -0.383 e. The lowest BCUT2D eigenvalue weighted by Gasteiger charge is -2.08. The third-order valence-electron chi connectivity index (χ3n) is 1.88. The summed E-state index contributed by atoms with van der Waals surface area (Å²) in [6.45, 7) is 3.25. The number of anilines is 1. The van der Waals surface area contributed by atoms with E-state index < -0.39 is 0 Å². The molecule has 15 heavy (non-hydrogen) atoms. The number of halogens is 1. The third-order valence-corrected chi connectivity index (χ3v) is 2.23. The van der Waals surface area contributed by atoms with Crippen LogP contribution >= 0.6 is 11.6 Å². The number of nitrogens with zero attached hydrogens (tertiary/aromatic N) is 2. The van der Waals surface area contributed by atoms with Crippen LogP contribution in [0.5, 0.6) is 0 Å². The molecule has 5 heteroatoms. The molecule has 1 rings (SSSR count). The lowest BCUT2D eigenvalue weighted by molar-refractivity contribution is 0.196. The first kappa shape index (κ1) is 12.2. The van der Waals surface area contributed by atoms with E-state index in [2.05, 4.69) is 15.3 Å². The van der Waals surface area contributed by atoms with Crippen molar-refractivity contribution in [3.63, 3.8) is 0 Å². The predicted octanol–water partition coefficient (Wildman–Crippen LogP) is 1.84. The van der Waals surface area contributed by atoms with Crippen molar-refractivity contribution in [2.45, 2.75) is 18.7 Å².